The summed E-state index contributed by atoms with van der Waals surface area (Å²) >= 11 is 0. The van der Waals surface area contributed by atoms with Crippen LogP contribution >= 0.6 is 0 Å². The van der Waals surface area contributed by atoms with Crippen LogP contribution in [0.1, 0.15) is 38.8 Å². The maximum absolute atomic E-state index is 12.7. The summed E-state index contributed by atoms with van der Waals surface area (Å²) in [5.41, 5.74) is 8.43. The van der Waals surface area contributed by atoms with Crippen molar-refractivity contribution in [1.82, 2.24) is 4.57 Å². The van der Waals surface area contributed by atoms with Gasteiger partial charge >= 0.3 is 0 Å². The molecule has 0 bridgehead atoms. The highest BCUT2D eigenvalue weighted by Crippen LogP contribution is 2.24. The van der Waals surface area contributed by atoms with Gasteiger partial charge in [0.1, 0.15) is 5.75 Å². The SMILES string of the molecule is CCCn1c(-c2cccc(OCC)c2)ccc(C(C)N)c1=O. The molecular formula is C18H24N2O2. The maximum atomic E-state index is 12.7. The van der Waals surface area contributed by atoms with Crippen molar-refractivity contribution in [3.8, 4) is 17.0 Å². The van der Waals surface area contributed by atoms with Crippen LogP contribution in [0.5, 0.6) is 5.75 Å². The average molecular weight is 300 g/mol. The Morgan fingerprint density at radius 1 is 1.23 bits per heavy atom. The monoisotopic (exact) mass is 300 g/mol. The van der Waals surface area contributed by atoms with Crippen molar-refractivity contribution in [3.63, 3.8) is 0 Å². The van der Waals surface area contributed by atoms with E-state index in [2.05, 4.69) is 6.92 Å². The molecule has 0 fully saturated rings. The summed E-state index contributed by atoms with van der Waals surface area (Å²) in [5, 5.41) is 0. The van der Waals surface area contributed by atoms with E-state index in [1.54, 1.807) is 0 Å². The van der Waals surface area contributed by atoms with Crippen LogP contribution in [0.2, 0.25) is 0 Å². The van der Waals surface area contributed by atoms with Gasteiger partial charge in [-0.25, -0.2) is 0 Å². The van der Waals surface area contributed by atoms with Crippen molar-refractivity contribution in [2.24, 2.45) is 5.73 Å². The Kier molecular flexibility index (Phi) is 5.39. The van der Waals surface area contributed by atoms with Gasteiger partial charge in [-0.1, -0.05) is 19.1 Å². The van der Waals surface area contributed by atoms with Crippen molar-refractivity contribution >= 4 is 0 Å². The normalized spacial score (nSPS) is 12.2. The molecule has 2 N–H and O–H groups in total. The van der Waals surface area contributed by atoms with Crippen LogP contribution < -0.4 is 16.0 Å². The van der Waals surface area contributed by atoms with Crippen LogP contribution in [0.15, 0.2) is 41.2 Å². The highest BCUT2D eigenvalue weighted by Gasteiger charge is 2.13. The lowest BCUT2D eigenvalue weighted by molar-refractivity contribution is 0.340. The molecule has 0 aliphatic heterocycles. The Balaban J connectivity index is 2.57. The lowest BCUT2D eigenvalue weighted by Gasteiger charge is -2.16. The Hall–Kier alpha value is -2.07. The van der Waals surface area contributed by atoms with Crippen molar-refractivity contribution in [2.75, 3.05) is 6.61 Å². The van der Waals surface area contributed by atoms with E-state index < -0.39 is 0 Å². The molecule has 0 amide bonds. The predicted octanol–water partition coefficient (Wildman–Crippen LogP) is 3.34. The number of nitrogens with two attached hydrogens (primary N) is 1. The van der Waals surface area contributed by atoms with Crippen molar-refractivity contribution in [2.45, 2.75) is 39.8 Å². The van der Waals surface area contributed by atoms with E-state index >= 15 is 0 Å². The molecule has 22 heavy (non-hydrogen) atoms. The van der Waals surface area contributed by atoms with Crippen molar-refractivity contribution in [3.05, 3.63) is 52.3 Å². The lowest BCUT2D eigenvalue weighted by Crippen LogP contribution is -2.28. The first kappa shape index (κ1) is 16.3. The largest absolute Gasteiger partial charge is 0.494 e. The molecule has 0 radical (unpaired) electrons. The summed E-state index contributed by atoms with van der Waals surface area (Å²) in [6, 6.07) is 11.4. The molecule has 0 saturated heterocycles. The Morgan fingerprint density at radius 2 is 2.00 bits per heavy atom. The second-order valence-corrected chi connectivity index (χ2v) is 5.38. The zero-order valence-corrected chi connectivity index (χ0v) is 13.5. The number of aromatic nitrogens is 1. The quantitative estimate of drug-likeness (QED) is 0.890. The third kappa shape index (κ3) is 3.39. The number of pyridine rings is 1. The van der Waals surface area contributed by atoms with Crippen LogP contribution in [0, 0.1) is 0 Å². The first-order valence-electron chi connectivity index (χ1n) is 7.81. The molecule has 4 nitrogen and oxygen atoms in total. The number of ether oxygens (including phenoxy) is 1. The summed E-state index contributed by atoms with van der Waals surface area (Å²) in [6.07, 6.45) is 0.889. The highest BCUT2D eigenvalue weighted by molar-refractivity contribution is 5.62. The van der Waals surface area contributed by atoms with E-state index in [4.69, 9.17) is 10.5 Å². The zero-order chi connectivity index (χ0) is 16.1. The van der Waals surface area contributed by atoms with E-state index in [0.717, 1.165) is 23.4 Å². The van der Waals surface area contributed by atoms with Crippen LogP contribution in [0.4, 0.5) is 0 Å². The van der Waals surface area contributed by atoms with E-state index in [0.29, 0.717) is 18.7 Å². The third-order valence-electron chi connectivity index (χ3n) is 3.58. The summed E-state index contributed by atoms with van der Waals surface area (Å²) < 4.78 is 7.36. The third-order valence-corrected chi connectivity index (χ3v) is 3.58. The smallest absolute Gasteiger partial charge is 0.255 e. The first-order chi connectivity index (χ1) is 10.6. The number of hydrogen-bond acceptors (Lipinski definition) is 3. The van der Waals surface area contributed by atoms with E-state index in [1.807, 2.05) is 54.8 Å². The molecule has 4 heteroatoms. The van der Waals surface area contributed by atoms with E-state index in [-0.39, 0.29) is 11.6 Å². The minimum atomic E-state index is -0.264. The van der Waals surface area contributed by atoms with Gasteiger partial charge in [0.05, 0.1) is 12.3 Å². The highest BCUT2D eigenvalue weighted by atomic mass is 16.5. The second kappa shape index (κ2) is 7.27. The lowest BCUT2D eigenvalue weighted by atomic mass is 10.1. The molecule has 2 rings (SSSR count). The molecular weight excluding hydrogens is 276 g/mol. The number of rotatable bonds is 6. The van der Waals surface area contributed by atoms with Crippen LogP contribution in [-0.2, 0) is 6.54 Å². The van der Waals surface area contributed by atoms with E-state index in [1.165, 1.54) is 0 Å². The summed E-state index contributed by atoms with van der Waals surface area (Å²) in [6.45, 7) is 7.15. The number of benzene rings is 1. The Bertz CT molecular complexity index is 690. The van der Waals surface area contributed by atoms with Gasteiger partial charge in [0.15, 0.2) is 0 Å². The average Bonchev–Trinajstić information content (AvgIpc) is 2.49. The van der Waals surface area contributed by atoms with E-state index in [9.17, 15) is 4.79 Å². The van der Waals surface area contributed by atoms with Crippen molar-refractivity contribution in [1.29, 1.82) is 0 Å². The maximum Gasteiger partial charge on any atom is 0.255 e. The van der Waals surface area contributed by atoms with Gasteiger partial charge in [-0.05, 0) is 44.5 Å². The van der Waals surface area contributed by atoms with Crippen molar-refractivity contribution < 1.29 is 4.74 Å². The molecule has 0 aliphatic rings. The first-order valence-corrected chi connectivity index (χ1v) is 7.81. The number of hydrogen-bond donors (Lipinski definition) is 1. The van der Waals surface area contributed by atoms with Crippen LogP contribution in [0.3, 0.4) is 0 Å². The zero-order valence-electron chi connectivity index (χ0n) is 13.5. The molecule has 1 aromatic carbocycles. The molecule has 1 aromatic heterocycles. The van der Waals surface area contributed by atoms with Crippen LogP contribution in [0.25, 0.3) is 11.3 Å². The molecule has 0 saturated carbocycles. The summed E-state index contributed by atoms with van der Waals surface area (Å²) in [4.78, 5) is 12.7. The van der Waals surface area contributed by atoms with Gasteiger partial charge in [0, 0.05) is 23.7 Å². The molecule has 2 aromatic rings. The fraction of sp³-hybridized carbons (Fsp3) is 0.389. The van der Waals surface area contributed by atoms with Gasteiger partial charge in [-0.3, -0.25) is 4.79 Å². The van der Waals surface area contributed by atoms with Gasteiger partial charge in [-0.2, -0.15) is 0 Å². The molecule has 1 atom stereocenters. The standard InChI is InChI=1S/C18H24N2O2/c1-4-11-20-17(10-9-16(13(3)19)18(20)21)14-7-6-8-15(12-14)22-5-2/h6-10,12-13H,4-5,11,19H2,1-3H3. The fourth-order valence-corrected chi connectivity index (χ4v) is 2.55. The Labute approximate surface area is 131 Å². The van der Waals surface area contributed by atoms with Gasteiger partial charge in [0.25, 0.3) is 5.56 Å². The second-order valence-electron chi connectivity index (χ2n) is 5.38. The molecule has 1 unspecified atom stereocenters. The predicted molar refractivity (Wildman–Crippen MR) is 90.2 cm³/mol. The summed E-state index contributed by atoms with van der Waals surface area (Å²) in [5.74, 6) is 0.812. The topological polar surface area (TPSA) is 57.2 Å². The van der Waals surface area contributed by atoms with Crippen LogP contribution in [-0.4, -0.2) is 11.2 Å². The summed E-state index contributed by atoms with van der Waals surface area (Å²) in [7, 11) is 0. The molecule has 0 spiro atoms. The fourth-order valence-electron chi connectivity index (χ4n) is 2.55. The van der Waals surface area contributed by atoms with Gasteiger partial charge in [-0.15, -0.1) is 0 Å². The molecule has 1 heterocycles. The minimum Gasteiger partial charge on any atom is -0.494 e. The number of nitrogens with zero attached hydrogens (tertiary/aromatic N) is 1. The molecule has 0 aliphatic carbocycles. The van der Waals surface area contributed by atoms with Gasteiger partial charge < -0.3 is 15.0 Å². The van der Waals surface area contributed by atoms with Gasteiger partial charge in [0.2, 0.25) is 0 Å². The minimum absolute atomic E-state index is 0.00355. The Morgan fingerprint density at radius 3 is 2.64 bits per heavy atom. The molecule has 118 valence electrons.